The van der Waals surface area contributed by atoms with E-state index in [1.807, 2.05) is 36.1 Å². The number of benzene rings is 2. The van der Waals surface area contributed by atoms with Crippen LogP contribution >= 0.6 is 0 Å². The number of nitrogens with zero attached hydrogens (tertiary/aromatic N) is 2. The third-order valence-electron chi connectivity index (χ3n) is 8.50. The second-order valence-corrected chi connectivity index (χ2v) is 10.8. The number of piperidine rings is 1. The van der Waals surface area contributed by atoms with E-state index in [0.29, 0.717) is 5.91 Å². The van der Waals surface area contributed by atoms with Crippen molar-refractivity contribution in [3.05, 3.63) is 58.7 Å². The molecule has 5 rings (SSSR count). The first-order chi connectivity index (χ1) is 16.9. The van der Waals surface area contributed by atoms with E-state index in [0.717, 1.165) is 81.7 Å². The van der Waals surface area contributed by atoms with E-state index < -0.39 is 0 Å². The van der Waals surface area contributed by atoms with Gasteiger partial charge < -0.3 is 19.9 Å². The van der Waals surface area contributed by atoms with Gasteiger partial charge in [-0.3, -0.25) is 4.79 Å². The van der Waals surface area contributed by atoms with Crippen LogP contribution in [0.4, 0.5) is 10.5 Å². The molecule has 0 saturated carbocycles. The molecule has 1 unspecified atom stereocenters. The summed E-state index contributed by atoms with van der Waals surface area (Å²) in [4.78, 5) is 30.4. The minimum atomic E-state index is -0.0208. The molecule has 0 bridgehead atoms. The number of urea groups is 1. The fourth-order valence-electron chi connectivity index (χ4n) is 6.28. The first-order valence-corrected chi connectivity index (χ1v) is 12.9. The van der Waals surface area contributed by atoms with Crippen molar-refractivity contribution in [2.75, 3.05) is 38.6 Å². The van der Waals surface area contributed by atoms with Gasteiger partial charge in [-0.25, -0.2) is 4.79 Å². The first-order valence-electron chi connectivity index (χ1n) is 12.9. The van der Waals surface area contributed by atoms with Crippen LogP contribution in [0.5, 0.6) is 5.75 Å². The molecule has 6 nitrogen and oxygen atoms in total. The van der Waals surface area contributed by atoms with Gasteiger partial charge in [0.05, 0.1) is 7.11 Å². The summed E-state index contributed by atoms with van der Waals surface area (Å²) in [7, 11) is 1.71. The van der Waals surface area contributed by atoms with E-state index in [4.69, 9.17) is 4.74 Å². The molecule has 1 N–H and O–H groups in total. The fourth-order valence-corrected chi connectivity index (χ4v) is 6.28. The third kappa shape index (κ3) is 4.75. The maximum Gasteiger partial charge on any atom is 0.321 e. The molecule has 0 radical (unpaired) electrons. The van der Waals surface area contributed by atoms with Gasteiger partial charge in [0.15, 0.2) is 0 Å². The van der Waals surface area contributed by atoms with Crippen LogP contribution in [0.3, 0.4) is 0 Å². The minimum absolute atomic E-state index is 0.0208. The number of nitrogens with one attached hydrogen (secondary N) is 1. The van der Waals surface area contributed by atoms with Gasteiger partial charge in [-0.05, 0) is 86.6 Å². The smallest absolute Gasteiger partial charge is 0.321 e. The Balaban J connectivity index is 1.16. The van der Waals surface area contributed by atoms with Crippen molar-refractivity contribution in [2.45, 2.75) is 52.4 Å². The van der Waals surface area contributed by atoms with Crippen molar-refractivity contribution < 1.29 is 14.3 Å². The van der Waals surface area contributed by atoms with E-state index in [1.165, 1.54) is 16.7 Å². The Morgan fingerprint density at radius 3 is 2.49 bits per heavy atom. The van der Waals surface area contributed by atoms with Crippen LogP contribution in [-0.2, 0) is 17.6 Å². The molecule has 2 aromatic carbocycles. The lowest BCUT2D eigenvalue weighted by Crippen LogP contribution is -2.46. The second-order valence-electron chi connectivity index (χ2n) is 10.8. The standard InChI is InChI=1S/C29H37N3O3/c1-20-7-10-25(21(2)17-20)30-28(34)31-14-11-29(12-15-31)13-16-32(19-29)27(33)23-9-8-22-5-4-6-26(35-3)24(22)18-23/h4-7,10,17,23H,8-9,11-16,18-19H2,1-3H3,(H,30,34). The summed E-state index contributed by atoms with van der Waals surface area (Å²) in [5.41, 5.74) is 5.83. The number of methoxy groups -OCH3 is 1. The van der Waals surface area contributed by atoms with Crippen LogP contribution in [0.15, 0.2) is 36.4 Å². The number of carbonyl (C=O) groups excluding carboxylic acids is 2. The van der Waals surface area contributed by atoms with Gasteiger partial charge in [0.25, 0.3) is 0 Å². The van der Waals surface area contributed by atoms with Gasteiger partial charge in [0.1, 0.15) is 5.75 Å². The molecule has 2 saturated heterocycles. The SMILES string of the molecule is COc1cccc2c1CC(C(=O)N1CCC3(CCN(C(=O)Nc4ccc(C)cc4C)CC3)C1)CC2. The number of anilines is 1. The largest absolute Gasteiger partial charge is 0.496 e. The van der Waals surface area contributed by atoms with Crippen LogP contribution in [0, 0.1) is 25.2 Å². The fraction of sp³-hybridized carbons (Fsp3) is 0.517. The zero-order chi connectivity index (χ0) is 24.6. The minimum Gasteiger partial charge on any atom is -0.496 e. The predicted molar refractivity (Wildman–Crippen MR) is 138 cm³/mol. The maximum absolute atomic E-state index is 13.5. The van der Waals surface area contributed by atoms with Crippen LogP contribution in [-0.4, -0.2) is 55.0 Å². The second kappa shape index (κ2) is 9.56. The lowest BCUT2D eigenvalue weighted by Gasteiger charge is -2.39. The quantitative estimate of drug-likeness (QED) is 0.682. The van der Waals surface area contributed by atoms with Crippen molar-refractivity contribution in [3.8, 4) is 5.75 Å². The molecular formula is C29H37N3O3. The summed E-state index contributed by atoms with van der Waals surface area (Å²) in [6.07, 6.45) is 5.57. The highest BCUT2D eigenvalue weighted by atomic mass is 16.5. The van der Waals surface area contributed by atoms with Crippen LogP contribution in [0.25, 0.3) is 0 Å². The summed E-state index contributed by atoms with van der Waals surface area (Å²) in [6.45, 7) is 7.23. The van der Waals surface area contributed by atoms with Gasteiger partial charge in [-0.15, -0.1) is 0 Å². The summed E-state index contributed by atoms with van der Waals surface area (Å²) in [5.74, 6) is 1.25. The Hall–Kier alpha value is -3.02. The van der Waals surface area contributed by atoms with E-state index in [-0.39, 0.29) is 17.4 Å². The van der Waals surface area contributed by atoms with E-state index in [1.54, 1.807) is 7.11 Å². The molecule has 35 heavy (non-hydrogen) atoms. The van der Waals surface area contributed by atoms with Gasteiger partial charge in [-0.1, -0.05) is 29.8 Å². The molecule has 1 spiro atoms. The molecule has 0 aromatic heterocycles. The summed E-state index contributed by atoms with van der Waals surface area (Å²) in [5, 5.41) is 3.09. The Morgan fingerprint density at radius 2 is 1.77 bits per heavy atom. The average Bonchev–Trinajstić information content (AvgIpc) is 3.28. The zero-order valence-corrected chi connectivity index (χ0v) is 21.2. The lowest BCUT2D eigenvalue weighted by atomic mass is 9.77. The molecule has 2 aliphatic heterocycles. The number of likely N-dealkylation sites (tertiary alicyclic amines) is 2. The number of carbonyl (C=O) groups is 2. The highest BCUT2D eigenvalue weighted by Crippen LogP contribution is 2.42. The average molecular weight is 476 g/mol. The summed E-state index contributed by atoms with van der Waals surface area (Å²) >= 11 is 0. The molecule has 1 aliphatic carbocycles. The van der Waals surface area contributed by atoms with Crippen molar-refractivity contribution in [1.82, 2.24) is 9.80 Å². The molecule has 2 fully saturated rings. The van der Waals surface area contributed by atoms with Crippen LogP contribution < -0.4 is 10.1 Å². The molecular weight excluding hydrogens is 438 g/mol. The maximum atomic E-state index is 13.5. The number of fused-ring (bicyclic) bond motifs is 1. The van der Waals surface area contributed by atoms with Gasteiger partial charge in [0.2, 0.25) is 5.91 Å². The monoisotopic (exact) mass is 475 g/mol. The van der Waals surface area contributed by atoms with E-state index in [2.05, 4.69) is 29.3 Å². The normalized spacial score (nSPS) is 21.1. The Labute approximate surface area is 208 Å². The van der Waals surface area contributed by atoms with Gasteiger partial charge in [-0.2, -0.15) is 0 Å². The Bertz CT molecular complexity index is 1110. The Morgan fingerprint density at radius 1 is 1.03 bits per heavy atom. The molecule has 1 atom stereocenters. The zero-order valence-electron chi connectivity index (χ0n) is 21.2. The van der Waals surface area contributed by atoms with E-state index in [9.17, 15) is 9.59 Å². The molecule has 6 heteroatoms. The highest BCUT2D eigenvalue weighted by molar-refractivity contribution is 5.90. The summed E-state index contributed by atoms with van der Waals surface area (Å²) < 4.78 is 5.57. The third-order valence-corrected chi connectivity index (χ3v) is 8.50. The van der Waals surface area contributed by atoms with E-state index >= 15 is 0 Å². The first kappa shape index (κ1) is 23.7. The lowest BCUT2D eigenvalue weighted by molar-refractivity contribution is -0.135. The molecule has 2 heterocycles. The molecule has 2 aromatic rings. The van der Waals surface area contributed by atoms with Gasteiger partial charge >= 0.3 is 6.03 Å². The van der Waals surface area contributed by atoms with Crippen molar-refractivity contribution in [1.29, 1.82) is 0 Å². The van der Waals surface area contributed by atoms with Crippen LogP contribution in [0.2, 0.25) is 0 Å². The molecule has 3 aliphatic rings. The topological polar surface area (TPSA) is 61.9 Å². The van der Waals surface area contributed by atoms with Crippen molar-refractivity contribution in [3.63, 3.8) is 0 Å². The van der Waals surface area contributed by atoms with Crippen molar-refractivity contribution >= 4 is 17.6 Å². The van der Waals surface area contributed by atoms with Gasteiger partial charge in [0, 0.05) is 37.8 Å². The summed E-state index contributed by atoms with van der Waals surface area (Å²) in [6, 6.07) is 12.3. The molecule has 186 valence electrons. The molecule has 3 amide bonds. The number of aryl methyl sites for hydroxylation is 3. The number of hydrogen-bond donors (Lipinski definition) is 1. The number of amides is 3. The van der Waals surface area contributed by atoms with Crippen molar-refractivity contribution in [2.24, 2.45) is 11.3 Å². The Kier molecular flexibility index (Phi) is 6.47. The number of rotatable bonds is 3. The predicted octanol–water partition coefficient (Wildman–Crippen LogP) is 4.96. The number of ether oxygens (including phenoxy) is 1. The van der Waals surface area contributed by atoms with Crippen LogP contribution in [0.1, 0.15) is 47.9 Å². The number of hydrogen-bond acceptors (Lipinski definition) is 3. The highest BCUT2D eigenvalue weighted by Gasteiger charge is 2.44.